The van der Waals surface area contributed by atoms with Crippen molar-refractivity contribution in [1.82, 2.24) is 0 Å². The second-order valence-electron chi connectivity index (χ2n) is 3.53. The maximum absolute atomic E-state index is 10.8. The third kappa shape index (κ3) is 1.45. The van der Waals surface area contributed by atoms with E-state index in [9.17, 15) is 4.79 Å². The highest BCUT2D eigenvalue weighted by Crippen LogP contribution is 2.28. The van der Waals surface area contributed by atoms with E-state index in [1.807, 2.05) is 18.2 Å². The number of ether oxygens (including phenoxy) is 1. The van der Waals surface area contributed by atoms with Gasteiger partial charge in [-0.25, -0.2) is 0 Å². The molecule has 1 N–H and O–H groups in total. The van der Waals surface area contributed by atoms with Crippen LogP contribution in [0.15, 0.2) is 18.2 Å². The summed E-state index contributed by atoms with van der Waals surface area (Å²) in [6, 6.07) is 5.61. The maximum Gasteiger partial charge on any atom is 0.310 e. The van der Waals surface area contributed by atoms with Gasteiger partial charge in [-0.15, -0.1) is 0 Å². The summed E-state index contributed by atoms with van der Waals surface area (Å²) in [4.78, 5) is 10.8. The van der Waals surface area contributed by atoms with E-state index in [-0.39, 0.29) is 0 Å². The van der Waals surface area contributed by atoms with Gasteiger partial charge in [0.05, 0.1) is 12.5 Å². The number of fused-ring (bicyclic) bond motifs is 1. The van der Waals surface area contributed by atoms with Crippen molar-refractivity contribution in [1.29, 1.82) is 0 Å². The number of hydrogen-bond donors (Lipinski definition) is 1. The standard InChI is InChI=1S/C11H12O3/c1-7(11(12)13)8-2-3-10-9(6-8)4-5-14-10/h2-3,6-7H,4-5H2,1H3,(H,12,13)/t7-/m1/s1. The summed E-state index contributed by atoms with van der Waals surface area (Å²) in [5.74, 6) is -0.337. The number of hydrogen-bond acceptors (Lipinski definition) is 2. The normalized spacial score (nSPS) is 15.8. The van der Waals surface area contributed by atoms with Gasteiger partial charge in [-0.1, -0.05) is 12.1 Å². The first-order valence-electron chi connectivity index (χ1n) is 4.67. The fourth-order valence-corrected chi connectivity index (χ4v) is 1.62. The highest BCUT2D eigenvalue weighted by Gasteiger charge is 2.17. The van der Waals surface area contributed by atoms with E-state index in [1.54, 1.807) is 6.92 Å². The SMILES string of the molecule is C[C@@H](C(=O)O)c1ccc2c(c1)CCO2. The van der Waals surface area contributed by atoms with Crippen molar-refractivity contribution >= 4 is 5.97 Å². The fraction of sp³-hybridized carbons (Fsp3) is 0.364. The van der Waals surface area contributed by atoms with E-state index in [1.165, 1.54) is 0 Å². The molecular formula is C11H12O3. The number of carboxylic acids is 1. The topological polar surface area (TPSA) is 46.5 Å². The molecule has 3 nitrogen and oxygen atoms in total. The molecule has 0 aromatic heterocycles. The summed E-state index contributed by atoms with van der Waals surface area (Å²) in [6.07, 6.45) is 0.884. The smallest absolute Gasteiger partial charge is 0.310 e. The zero-order chi connectivity index (χ0) is 10.1. The minimum absolute atomic E-state index is 0.444. The zero-order valence-corrected chi connectivity index (χ0v) is 7.99. The number of carboxylic acid groups (broad SMARTS) is 1. The molecule has 1 heterocycles. The van der Waals surface area contributed by atoms with E-state index in [2.05, 4.69) is 0 Å². The van der Waals surface area contributed by atoms with Gasteiger partial charge in [0.1, 0.15) is 5.75 Å². The average molecular weight is 192 g/mol. The molecule has 2 rings (SSSR count). The monoisotopic (exact) mass is 192 g/mol. The third-order valence-electron chi connectivity index (χ3n) is 2.58. The van der Waals surface area contributed by atoms with Gasteiger partial charge < -0.3 is 9.84 Å². The second kappa shape index (κ2) is 3.33. The third-order valence-corrected chi connectivity index (χ3v) is 2.58. The van der Waals surface area contributed by atoms with Crippen molar-refractivity contribution in [3.8, 4) is 5.75 Å². The molecule has 0 aliphatic carbocycles. The molecule has 0 bridgehead atoms. The molecule has 14 heavy (non-hydrogen) atoms. The van der Waals surface area contributed by atoms with Crippen molar-refractivity contribution in [3.05, 3.63) is 29.3 Å². The fourth-order valence-electron chi connectivity index (χ4n) is 1.62. The molecule has 1 aromatic carbocycles. The Morgan fingerprint density at radius 3 is 3.07 bits per heavy atom. The molecule has 1 aromatic rings. The molecule has 3 heteroatoms. The van der Waals surface area contributed by atoms with E-state index in [0.717, 1.165) is 23.3 Å². The van der Waals surface area contributed by atoms with Crippen LogP contribution in [0.1, 0.15) is 24.0 Å². The number of benzene rings is 1. The predicted octanol–water partition coefficient (Wildman–Crippen LogP) is 1.81. The molecule has 1 atom stereocenters. The largest absolute Gasteiger partial charge is 0.493 e. The van der Waals surface area contributed by atoms with Crippen LogP contribution in [-0.4, -0.2) is 17.7 Å². The van der Waals surface area contributed by atoms with E-state index >= 15 is 0 Å². The Kier molecular flexibility index (Phi) is 2.15. The number of carbonyl (C=O) groups is 1. The van der Waals surface area contributed by atoms with Crippen LogP contribution in [0.5, 0.6) is 5.75 Å². The van der Waals surface area contributed by atoms with Crippen LogP contribution >= 0.6 is 0 Å². The van der Waals surface area contributed by atoms with Gasteiger partial charge in [0.2, 0.25) is 0 Å². The summed E-state index contributed by atoms with van der Waals surface area (Å²) < 4.78 is 5.35. The molecular weight excluding hydrogens is 180 g/mol. The highest BCUT2D eigenvalue weighted by molar-refractivity contribution is 5.75. The minimum atomic E-state index is -0.788. The average Bonchev–Trinajstić information content (AvgIpc) is 2.62. The number of aliphatic carboxylic acids is 1. The Morgan fingerprint density at radius 1 is 1.57 bits per heavy atom. The van der Waals surface area contributed by atoms with Crippen LogP contribution in [0.2, 0.25) is 0 Å². The maximum atomic E-state index is 10.8. The van der Waals surface area contributed by atoms with Crippen molar-refractivity contribution in [2.75, 3.05) is 6.61 Å². The second-order valence-corrected chi connectivity index (χ2v) is 3.53. The van der Waals surface area contributed by atoms with E-state index < -0.39 is 11.9 Å². The zero-order valence-electron chi connectivity index (χ0n) is 7.99. The van der Waals surface area contributed by atoms with Crippen LogP contribution < -0.4 is 4.74 Å². The first kappa shape index (κ1) is 9.06. The Labute approximate surface area is 82.3 Å². The van der Waals surface area contributed by atoms with Gasteiger partial charge >= 0.3 is 5.97 Å². The lowest BCUT2D eigenvalue weighted by Gasteiger charge is -2.07. The van der Waals surface area contributed by atoms with Gasteiger partial charge in [-0.2, -0.15) is 0 Å². The summed E-state index contributed by atoms with van der Waals surface area (Å²) in [7, 11) is 0. The Hall–Kier alpha value is -1.51. The van der Waals surface area contributed by atoms with Crippen LogP contribution in [0.3, 0.4) is 0 Å². The van der Waals surface area contributed by atoms with Gasteiger partial charge in [0.15, 0.2) is 0 Å². The van der Waals surface area contributed by atoms with Gasteiger partial charge in [0.25, 0.3) is 0 Å². The molecule has 1 aliphatic rings. The molecule has 0 fully saturated rings. The highest BCUT2D eigenvalue weighted by atomic mass is 16.5. The lowest BCUT2D eigenvalue weighted by molar-refractivity contribution is -0.138. The van der Waals surface area contributed by atoms with Gasteiger partial charge in [-0.3, -0.25) is 4.79 Å². The predicted molar refractivity (Wildman–Crippen MR) is 51.7 cm³/mol. The first-order valence-corrected chi connectivity index (χ1v) is 4.67. The molecule has 0 unspecified atom stereocenters. The molecule has 0 saturated carbocycles. The molecule has 74 valence electrons. The van der Waals surface area contributed by atoms with Crippen LogP contribution in [0.4, 0.5) is 0 Å². The molecule has 0 saturated heterocycles. The number of rotatable bonds is 2. The lowest BCUT2D eigenvalue weighted by Crippen LogP contribution is -2.07. The summed E-state index contributed by atoms with van der Waals surface area (Å²) in [5.41, 5.74) is 1.97. The molecule has 0 amide bonds. The van der Waals surface area contributed by atoms with Crippen molar-refractivity contribution in [2.45, 2.75) is 19.3 Å². The first-order chi connectivity index (χ1) is 6.68. The minimum Gasteiger partial charge on any atom is -0.493 e. The molecule has 1 aliphatic heterocycles. The van der Waals surface area contributed by atoms with Crippen molar-refractivity contribution in [3.63, 3.8) is 0 Å². The van der Waals surface area contributed by atoms with Crippen molar-refractivity contribution < 1.29 is 14.6 Å². The molecule has 0 spiro atoms. The van der Waals surface area contributed by atoms with Gasteiger partial charge in [0, 0.05) is 6.42 Å². The Morgan fingerprint density at radius 2 is 2.36 bits per heavy atom. The summed E-state index contributed by atoms with van der Waals surface area (Å²) >= 11 is 0. The lowest BCUT2D eigenvalue weighted by atomic mass is 9.98. The quantitative estimate of drug-likeness (QED) is 0.777. The van der Waals surface area contributed by atoms with Crippen LogP contribution in [-0.2, 0) is 11.2 Å². The Balaban J connectivity index is 2.33. The van der Waals surface area contributed by atoms with E-state index in [4.69, 9.17) is 9.84 Å². The van der Waals surface area contributed by atoms with E-state index in [0.29, 0.717) is 6.61 Å². The summed E-state index contributed by atoms with van der Waals surface area (Å²) in [5, 5.41) is 8.85. The van der Waals surface area contributed by atoms with Crippen molar-refractivity contribution in [2.24, 2.45) is 0 Å². The van der Waals surface area contributed by atoms with Gasteiger partial charge in [-0.05, 0) is 24.1 Å². The van der Waals surface area contributed by atoms with Crippen LogP contribution in [0, 0.1) is 0 Å². The molecule has 0 radical (unpaired) electrons. The Bertz CT molecular complexity index is 371. The van der Waals surface area contributed by atoms with Crippen LogP contribution in [0.25, 0.3) is 0 Å². The summed E-state index contributed by atoms with van der Waals surface area (Å²) in [6.45, 7) is 2.40.